The summed E-state index contributed by atoms with van der Waals surface area (Å²) in [6, 6.07) is 46.7. The van der Waals surface area contributed by atoms with Crippen molar-refractivity contribution in [3.05, 3.63) is 191 Å². The summed E-state index contributed by atoms with van der Waals surface area (Å²) in [4.78, 5) is 100. The molecule has 66 heavy (non-hydrogen) atoms. The van der Waals surface area contributed by atoms with Gasteiger partial charge in [-0.15, -0.1) is 0 Å². The van der Waals surface area contributed by atoms with Crippen LogP contribution in [0.25, 0.3) is 0 Å². The highest BCUT2D eigenvalue weighted by atomic mass is 35.5. The second-order valence-electron chi connectivity index (χ2n) is 15.7. The van der Waals surface area contributed by atoms with Crippen LogP contribution in [0.1, 0.15) is 85.0 Å². The van der Waals surface area contributed by atoms with Crippen LogP contribution in [0.4, 0.5) is 22.7 Å². The first-order chi connectivity index (χ1) is 31.7. The quantitative estimate of drug-likeness (QED) is 0.126. The van der Waals surface area contributed by atoms with Gasteiger partial charge >= 0.3 is 0 Å². The Balaban J connectivity index is 0.000000132. The smallest absolute Gasteiger partial charge is 0.258 e. The average molecular weight is 901 g/mol. The van der Waals surface area contributed by atoms with Gasteiger partial charge in [0, 0.05) is 55.0 Å². The van der Waals surface area contributed by atoms with Gasteiger partial charge in [0.15, 0.2) is 22.9 Å². The Bertz CT molecular complexity index is 2810. The molecule has 0 N–H and O–H groups in total. The number of para-hydroxylation sites is 4. The molecule has 12 nitrogen and oxygen atoms in total. The number of fused-ring (bicyclic) bond motifs is 4. The van der Waals surface area contributed by atoms with Crippen molar-refractivity contribution in [1.29, 1.82) is 0 Å². The Hall–Kier alpha value is -7.83. The van der Waals surface area contributed by atoms with Crippen molar-refractivity contribution in [3.8, 4) is 0 Å². The predicted octanol–water partition coefficient (Wildman–Crippen LogP) is 8.80. The summed E-state index contributed by atoms with van der Waals surface area (Å²) >= 11 is 5.84. The highest BCUT2D eigenvalue weighted by molar-refractivity contribution is 6.40. The number of rotatable bonds is 3. The molecule has 6 aromatic rings. The molecular formula is C53H45ClN4O8. The number of nitrogens with zero attached hydrogens (tertiary/aromatic N) is 4. The number of anilines is 4. The number of Topliss-reactive ketones (excluding diaryl/α,β-unsaturated/α-hetero) is 4. The van der Waals surface area contributed by atoms with Crippen LogP contribution in [0, 0.1) is 0 Å². The van der Waals surface area contributed by atoms with Crippen molar-refractivity contribution < 1.29 is 38.4 Å². The molecule has 0 fully saturated rings. The van der Waals surface area contributed by atoms with E-state index < -0.39 is 11.5 Å². The lowest BCUT2D eigenvalue weighted by atomic mass is 10.0. The number of hydrogen-bond acceptors (Lipinski definition) is 8. The van der Waals surface area contributed by atoms with Crippen LogP contribution in [0.2, 0.25) is 0 Å². The predicted molar refractivity (Wildman–Crippen MR) is 254 cm³/mol. The van der Waals surface area contributed by atoms with Gasteiger partial charge in [-0.1, -0.05) is 109 Å². The van der Waals surface area contributed by atoms with E-state index in [9.17, 15) is 38.4 Å². The number of carbonyl (C=O) groups excluding carboxylic acids is 8. The molecule has 6 aromatic carbocycles. The molecule has 3 unspecified atom stereocenters. The summed E-state index contributed by atoms with van der Waals surface area (Å²) in [6.07, 6.45) is 0.550. The van der Waals surface area contributed by atoms with Gasteiger partial charge in [0.25, 0.3) is 5.91 Å². The number of benzene rings is 6. The first kappa shape index (κ1) is 46.2. The molecule has 0 spiro atoms. The van der Waals surface area contributed by atoms with Crippen LogP contribution in [0.3, 0.4) is 0 Å². The lowest BCUT2D eigenvalue weighted by molar-refractivity contribution is -0.117. The second-order valence-corrected chi connectivity index (χ2v) is 16.1. The standard InChI is InChI=1S/C17H15NO2.C15H11NO2.C11H11NO2.C10H8ClNO2/c1-12(19)18-15-10-6-5-9-14(15)17(20)16(18)11-13-7-3-2-4-8-13;17-14-10-16(13-9-5-4-8-12(13)14)15(18)11-6-2-1-3-7-11;1-7-11(14)9-5-3-4-6-10(9)12(7)8(2)13;1-6(13)12-8-5-3-2-4-7(8)9(14)10(12)11/h2-10,16H,11H2,1H3;1-9H,10H2;3-7H,1-2H3;2-5,10H,1H3. The zero-order chi connectivity index (χ0) is 47.2. The minimum Gasteiger partial charge on any atom is -0.301 e. The van der Waals surface area contributed by atoms with Gasteiger partial charge in [-0.25, -0.2) is 0 Å². The van der Waals surface area contributed by atoms with E-state index in [1.807, 2.05) is 91.0 Å². The maximum Gasteiger partial charge on any atom is 0.258 e. The fraction of sp³-hybridized carbons (Fsp3) is 0.170. The molecule has 0 radical (unpaired) electrons. The molecule has 0 aromatic heterocycles. The SMILES string of the molecule is CC(=O)N1c2ccccc2C(=O)C1C.CC(=O)N1c2ccccc2C(=O)C1Cc1ccccc1.CC(=O)N1c2ccccc2C(=O)C1Cl.O=C1CN(C(=O)c2ccccc2)c2ccccc21. The summed E-state index contributed by atoms with van der Waals surface area (Å²) in [6.45, 7) is 6.26. The number of hydrogen-bond donors (Lipinski definition) is 0. The lowest BCUT2D eigenvalue weighted by Gasteiger charge is -2.22. The third kappa shape index (κ3) is 9.22. The van der Waals surface area contributed by atoms with Crippen LogP contribution < -0.4 is 19.6 Å². The lowest BCUT2D eigenvalue weighted by Crippen LogP contribution is -2.40. The van der Waals surface area contributed by atoms with Gasteiger partial charge in [0.05, 0.1) is 35.3 Å². The molecule has 13 heteroatoms. The molecule has 4 aliphatic heterocycles. The highest BCUT2D eigenvalue weighted by Crippen LogP contribution is 2.35. The summed E-state index contributed by atoms with van der Waals surface area (Å²) in [5.74, 6) is -0.694. The molecule has 0 saturated heterocycles. The van der Waals surface area contributed by atoms with Crippen molar-refractivity contribution in [2.24, 2.45) is 0 Å². The van der Waals surface area contributed by atoms with Crippen molar-refractivity contribution in [2.45, 2.75) is 51.7 Å². The summed E-state index contributed by atoms with van der Waals surface area (Å²) in [7, 11) is 0. The molecule has 0 bridgehead atoms. The minimum absolute atomic E-state index is 0.00474. The topological polar surface area (TPSA) is 150 Å². The van der Waals surface area contributed by atoms with Crippen LogP contribution in [-0.4, -0.2) is 70.9 Å². The van der Waals surface area contributed by atoms with Crippen LogP contribution >= 0.6 is 11.6 Å². The Morgan fingerprint density at radius 2 is 0.894 bits per heavy atom. The van der Waals surface area contributed by atoms with Crippen LogP contribution in [0.5, 0.6) is 0 Å². The second kappa shape index (κ2) is 19.9. The zero-order valence-corrected chi connectivity index (χ0v) is 37.3. The summed E-state index contributed by atoms with van der Waals surface area (Å²) in [5.41, 5.74) is 5.98. The number of amides is 4. The normalized spacial score (nSPS) is 17.3. The van der Waals surface area contributed by atoms with Crippen molar-refractivity contribution in [2.75, 3.05) is 26.1 Å². The molecule has 0 aliphatic carbocycles. The van der Waals surface area contributed by atoms with E-state index in [2.05, 4.69) is 0 Å². The molecule has 10 rings (SSSR count). The van der Waals surface area contributed by atoms with E-state index in [1.54, 1.807) is 78.6 Å². The number of alkyl halides is 1. The number of ketones is 4. The maximum atomic E-state index is 12.5. The van der Waals surface area contributed by atoms with E-state index in [4.69, 9.17) is 11.6 Å². The molecular weight excluding hydrogens is 856 g/mol. The van der Waals surface area contributed by atoms with Crippen molar-refractivity contribution in [1.82, 2.24) is 0 Å². The van der Waals surface area contributed by atoms with Crippen molar-refractivity contribution >= 4 is 81.1 Å². The molecule has 4 aliphatic rings. The van der Waals surface area contributed by atoms with E-state index in [1.165, 1.54) is 35.5 Å². The Morgan fingerprint density at radius 3 is 1.42 bits per heavy atom. The molecule has 332 valence electrons. The maximum absolute atomic E-state index is 12.5. The third-order valence-electron chi connectivity index (χ3n) is 11.5. The molecule has 0 saturated carbocycles. The first-order valence-corrected chi connectivity index (χ1v) is 21.6. The number of carbonyl (C=O) groups is 8. The highest BCUT2D eigenvalue weighted by Gasteiger charge is 2.40. The van der Waals surface area contributed by atoms with E-state index in [0.29, 0.717) is 45.6 Å². The van der Waals surface area contributed by atoms with Gasteiger partial charge in [-0.3, -0.25) is 48.2 Å². The Labute approximate surface area is 387 Å². The van der Waals surface area contributed by atoms with Crippen LogP contribution in [0.15, 0.2) is 158 Å². The minimum atomic E-state index is -0.884. The number of halogens is 1. The summed E-state index contributed by atoms with van der Waals surface area (Å²) in [5, 5.41) is 0. The third-order valence-corrected chi connectivity index (χ3v) is 11.9. The fourth-order valence-corrected chi connectivity index (χ4v) is 8.78. The van der Waals surface area contributed by atoms with Gasteiger partial charge in [0.1, 0.15) is 6.04 Å². The average Bonchev–Trinajstić information content (AvgIpc) is 3.99. The molecule has 4 heterocycles. The molecule has 3 atom stereocenters. The van der Waals surface area contributed by atoms with Gasteiger partial charge < -0.3 is 9.80 Å². The van der Waals surface area contributed by atoms with E-state index in [-0.39, 0.29) is 59.3 Å². The van der Waals surface area contributed by atoms with Gasteiger partial charge in [0.2, 0.25) is 23.5 Å². The van der Waals surface area contributed by atoms with Crippen molar-refractivity contribution in [3.63, 3.8) is 0 Å². The fourth-order valence-electron chi connectivity index (χ4n) is 8.42. The molecule has 4 amide bonds. The monoisotopic (exact) mass is 900 g/mol. The first-order valence-electron chi connectivity index (χ1n) is 21.2. The largest absolute Gasteiger partial charge is 0.301 e. The Kier molecular flexibility index (Phi) is 13.9. The van der Waals surface area contributed by atoms with E-state index in [0.717, 1.165) is 16.9 Å². The van der Waals surface area contributed by atoms with Gasteiger partial charge in [-0.2, -0.15) is 0 Å². The van der Waals surface area contributed by atoms with E-state index >= 15 is 0 Å². The zero-order valence-electron chi connectivity index (χ0n) is 36.6. The summed E-state index contributed by atoms with van der Waals surface area (Å²) < 4.78 is 0. The van der Waals surface area contributed by atoms with Crippen LogP contribution in [-0.2, 0) is 20.8 Å². The van der Waals surface area contributed by atoms with Gasteiger partial charge in [-0.05, 0) is 73.2 Å². The Morgan fingerprint density at radius 1 is 0.485 bits per heavy atom.